The SMILES string of the molecule is NC(CF)N1CCCCC1. The van der Waals surface area contributed by atoms with Gasteiger partial charge in [-0.3, -0.25) is 4.90 Å². The Balaban J connectivity index is 2.24. The van der Waals surface area contributed by atoms with Gasteiger partial charge in [-0.1, -0.05) is 6.42 Å². The molecule has 0 aromatic rings. The highest BCUT2D eigenvalue weighted by Gasteiger charge is 2.15. The molecule has 1 aliphatic rings. The first-order valence-corrected chi connectivity index (χ1v) is 3.90. The molecule has 0 spiro atoms. The van der Waals surface area contributed by atoms with Crippen molar-refractivity contribution in [2.24, 2.45) is 5.73 Å². The first kappa shape index (κ1) is 7.95. The van der Waals surface area contributed by atoms with E-state index in [0.29, 0.717) is 0 Å². The molecule has 2 N–H and O–H groups in total. The molecule has 10 heavy (non-hydrogen) atoms. The van der Waals surface area contributed by atoms with Gasteiger partial charge in [0.1, 0.15) is 6.67 Å². The number of nitrogens with two attached hydrogens (primary N) is 1. The summed E-state index contributed by atoms with van der Waals surface area (Å²) >= 11 is 0. The fourth-order valence-electron chi connectivity index (χ4n) is 1.35. The van der Waals surface area contributed by atoms with E-state index in [4.69, 9.17) is 5.73 Å². The summed E-state index contributed by atoms with van der Waals surface area (Å²) in [6.45, 7) is 1.54. The third kappa shape index (κ3) is 1.92. The molecule has 60 valence electrons. The van der Waals surface area contributed by atoms with E-state index < -0.39 is 6.67 Å². The van der Waals surface area contributed by atoms with E-state index in [0.717, 1.165) is 13.1 Å². The van der Waals surface area contributed by atoms with Crippen LogP contribution in [0, 0.1) is 0 Å². The van der Waals surface area contributed by atoms with Crippen LogP contribution in [0.2, 0.25) is 0 Å². The highest BCUT2D eigenvalue weighted by atomic mass is 19.1. The number of hydrogen-bond acceptors (Lipinski definition) is 2. The monoisotopic (exact) mass is 146 g/mol. The van der Waals surface area contributed by atoms with Crippen LogP contribution in [0.3, 0.4) is 0 Å². The van der Waals surface area contributed by atoms with Crippen LogP contribution < -0.4 is 5.73 Å². The van der Waals surface area contributed by atoms with Gasteiger partial charge in [0.05, 0.1) is 6.17 Å². The fourth-order valence-corrected chi connectivity index (χ4v) is 1.35. The highest BCUT2D eigenvalue weighted by molar-refractivity contribution is 4.69. The van der Waals surface area contributed by atoms with Crippen LogP contribution in [0.1, 0.15) is 19.3 Å². The second kappa shape index (κ2) is 3.88. The molecule has 1 fully saturated rings. The molecule has 1 atom stereocenters. The van der Waals surface area contributed by atoms with Crippen molar-refractivity contribution in [1.82, 2.24) is 4.90 Å². The van der Waals surface area contributed by atoms with Gasteiger partial charge >= 0.3 is 0 Å². The van der Waals surface area contributed by atoms with Crippen molar-refractivity contribution in [3.05, 3.63) is 0 Å². The smallest absolute Gasteiger partial charge is 0.118 e. The standard InChI is InChI=1S/C7H15FN2/c8-6-7(9)10-4-2-1-3-5-10/h7H,1-6,9H2. The van der Waals surface area contributed by atoms with E-state index in [-0.39, 0.29) is 6.17 Å². The number of likely N-dealkylation sites (tertiary alicyclic amines) is 1. The van der Waals surface area contributed by atoms with Gasteiger partial charge in [-0.25, -0.2) is 4.39 Å². The summed E-state index contributed by atoms with van der Waals surface area (Å²) in [5, 5.41) is 0. The number of hydrogen-bond donors (Lipinski definition) is 1. The van der Waals surface area contributed by atoms with Gasteiger partial charge in [0.2, 0.25) is 0 Å². The number of alkyl halides is 1. The number of piperidine rings is 1. The van der Waals surface area contributed by atoms with Crippen molar-refractivity contribution in [3.8, 4) is 0 Å². The minimum atomic E-state index is -0.417. The Kier molecular flexibility index (Phi) is 3.09. The Morgan fingerprint density at radius 2 is 1.90 bits per heavy atom. The second-order valence-electron chi connectivity index (χ2n) is 2.82. The van der Waals surface area contributed by atoms with Gasteiger partial charge in [0.25, 0.3) is 0 Å². The van der Waals surface area contributed by atoms with Crippen LogP contribution in [0.15, 0.2) is 0 Å². The van der Waals surface area contributed by atoms with E-state index in [1.165, 1.54) is 19.3 Å². The van der Waals surface area contributed by atoms with Crippen LogP contribution in [-0.4, -0.2) is 30.8 Å². The lowest BCUT2D eigenvalue weighted by atomic mass is 10.1. The Hall–Kier alpha value is -0.150. The van der Waals surface area contributed by atoms with Crippen molar-refractivity contribution in [2.75, 3.05) is 19.8 Å². The van der Waals surface area contributed by atoms with Crippen molar-refractivity contribution in [1.29, 1.82) is 0 Å². The minimum Gasteiger partial charge on any atom is -0.314 e. The maximum Gasteiger partial charge on any atom is 0.118 e. The molecule has 0 amide bonds. The molecular weight excluding hydrogens is 131 g/mol. The Morgan fingerprint density at radius 1 is 1.30 bits per heavy atom. The van der Waals surface area contributed by atoms with Gasteiger partial charge in [-0.15, -0.1) is 0 Å². The van der Waals surface area contributed by atoms with Crippen LogP contribution >= 0.6 is 0 Å². The molecule has 1 saturated heterocycles. The quantitative estimate of drug-likeness (QED) is 0.622. The maximum atomic E-state index is 12.0. The van der Waals surface area contributed by atoms with Gasteiger partial charge in [0.15, 0.2) is 0 Å². The number of rotatable bonds is 2. The van der Waals surface area contributed by atoms with Crippen LogP contribution in [0.25, 0.3) is 0 Å². The molecule has 1 rings (SSSR count). The molecule has 0 aromatic carbocycles. The zero-order valence-electron chi connectivity index (χ0n) is 6.22. The Morgan fingerprint density at radius 3 is 2.40 bits per heavy atom. The average molecular weight is 146 g/mol. The molecule has 0 saturated carbocycles. The van der Waals surface area contributed by atoms with Crippen molar-refractivity contribution in [3.63, 3.8) is 0 Å². The second-order valence-corrected chi connectivity index (χ2v) is 2.82. The predicted molar refractivity (Wildman–Crippen MR) is 39.4 cm³/mol. The summed E-state index contributed by atoms with van der Waals surface area (Å²) in [7, 11) is 0. The molecule has 1 heterocycles. The molecular formula is C7H15FN2. The van der Waals surface area contributed by atoms with Gasteiger partial charge in [0, 0.05) is 0 Å². The van der Waals surface area contributed by atoms with E-state index >= 15 is 0 Å². The summed E-state index contributed by atoms with van der Waals surface area (Å²) in [5.41, 5.74) is 5.50. The van der Waals surface area contributed by atoms with Crippen LogP contribution in [-0.2, 0) is 0 Å². The molecule has 0 bridgehead atoms. The Labute approximate surface area is 61.2 Å². The van der Waals surface area contributed by atoms with Crippen molar-refractivity contribution in [2.45, 2.75) is 25.4 Å². The molecule has 0 radical (unpaired) electrons. The highest BCUT2D eigenvalue weighted by Crippen LogP contribution is 2.09. The number of halogens is 1. The Bertz CT molecular complexity index is 91.6. The zero-order valence-corrected chi connectivity index (χ0v) is 6.22. The molecule has 0 aliphatic carbocycles. The van der Waals surface area contributed by atoms with Crippen LogP contribution in [0.4, 0.5) is 4.39 Å². The van der Waals surface area contributed by atoms with Gasteiger partial charge in [-0.2, -0.15) is 0 Å². The van der Waals surface area contributed by atoms with E-state index in [1.54, 1.807) is 0 Å². The normalized spacial score (nSPS) is 24.6. The third-order valence-electron chi connectivity index (χ3n) is 2.02. The molecule has 2 nitrogen and oxygen atoms in total. The molecule has 3 heteroatoms. The first-order chi connectivity index (χ1) is 4.84. The summed E-state index contributed by atoms with van der Waals surface area (Å²) in [5.74, 6) is 0. The first-order valence-electron chi connectivity index (χ1n) is 3.90. The molecule has 1 unspecified atom stereocenters. The fraction of sp³-hybridized carbons (Fsp3) is 1.00. The third-order valence-corrected chi connectivity index (χ3v) is 2.02. The van der Waals surface area contributed by atoms with Gasteiger partial charge in [-0.05, 0) is 25.9 Å². The lowest BCUT2D eigenvalue weighted by Crippen LogP contribution is -2.46. The maximum absolute atomic E-state index is 12.0. The van der Waals surface area contributed by atoms with E-state index in [2.05, 4.69) is 0 Å². The summed E-state index contributed by atoms with van der Waals surface area (Å²) < 4.78 is 12.0. The lowest BCUT2D eigenvalue weighted by molar-refractivity contribution is 0.142. The van der Waals surface area contributed by atoms with Crippen LogP contribution in [0.5, 0.6) is 0 Å². The van der Waals surface area contributed by atoms with Gasteiger partial charge < -0.3 is 5.73 Å². The van der Waals surface area contributed by atoms with E-state index in [9.17, 15) is 4.39 Å². The largest absolute Gasteiger partial charge is 0.314 e. The summed E-state index contributed by atoms with van der Waals surface area (Å²) in [6, 6.07) is 0. The molecule has 1 aliphatic heterocycles. The minimum absolute atomic E-state index is 0.347. The molecule has 0 aromatic heterocycles. The number of nitrogens with zero attached hydrogens (tertiary/aromatic N) is 1. The summed E-state index contributed by atoms with van der Waals surface area (Å²) in [6.07, 6.45) is 3.27. The van der Waals surface area contributed by atoms with E-state index in [1.807, 2.05) is 4.90 Å². The van der Waals surface area contributed by atoms with Crippen molar-refractivity contribution >= 4 is 0 Å². The lowest BCUT2D eigenvalue weighted by Gasteiger charge is -2.30. The summed E-state index contributed by atoms with van der Waals surface area (Å²) in [4.78, 5) is 2.02. The zero-order chi connectivity index (χ0) is 7.40. The predicted octanol–water partition coefficient (Wildman–Crippen LogP) is 0.727. The average Bonchev–Trinajstić information content (AvgIpc) is 2.05. The van der Waals surface area contributed by atoms with Crippen molar-refractivity contribution < 1.29 is 4.39 Å². The topological polar surface area (TPSA) is 29.3 Å².